The zero-order chi connectivity index (χ0) is 45.6. The summed E-state index contributed by atoms with van der Waals surface area (Å²) in [5.74, 6) is 0. The van der Waals surface area contributed by atoms with Gasteiger partial charge in [-0.05, 0) is 132 Å². The quantitative estimate of drug-likeness (QED) is 0.155. The van der Waals surface area contributed by atoms with Crippen LogP contribution >= 0.6 is 0 Å². The number of anilines is 2. The maximum Gasteiger partial charge on any atom is 0.0714 e. The monoisotopic (exact) mass is 792 g/mol. The molecule has 1 heteroatoms. The van der Waals surface area contributed by atoms with Crippen LogP contribution in [0.5, 0.6) is 0 Å². The first-order valence-corrected chi connectivity index (χ1v) is 21.6. The number of hydrogen-bond donors (Lipinski definition) is 0. The van der Waals surface area contributed by atoms with Crippen LogP contribution in [0.2, 0.25) is 0 Å². The van der Waals surface area contributed by atoms with E-state index in [2.05, 4.69) is 215 Å². The van der Waals surface area contributed by atoms with Crippen molar-refractivity contribution in [3.05, 3.63) is 249 Å². The Morgan fingerprint density at radius 3 is 1.07 bits per heavy atom. The van der Waals surface area contributed by atoms with Crippen molar-refractivity contribution in [2.45, 2.75) is 76.6 Å². The Labute approximate surface area is 369 Å². The van der Waals surface area contributed by atoms with E-state index in [1.165, 1.54) is 33.4 Å². The van der Waals surface area contributed by atoms with Gasteiger partial charge in [0.2, 0.25) is 0 Å². The summed E-state index contributed by atoms with van der Waals surface area (Å²) in [4.78, 5) is 2.11. The molecule has 4 unspecified atom stereocenters. The molecule has 1 nitrogen and oxygen atoms in total. The normalized spacial score (nSPS) is 23.8. The van der Waals surface area contributed by atoms with Crippen LogP contribution in [0, 0.1) is 27.7 Å². The van der Waals surface area contributed by atoms with Crippen molar-refractivity contribution >= 4 is 11.4 Å². The minimum Gasteiger partial charge on any atom is -0.338 e. The molecule has 0 saturated heterocycles. The predicted molar refractivity (Wildman–Crippen MR) is 255 cm³/mol. The van der Waals surface area contributed by atoms with E-state index in [9.17, 15) is 5.48 Å². The first-order chi connectivity index (χ1) is 31.9. The maximum absolute atomic E-state index is 9.75. The molecule has 0 aliphatic heterocycles. The van der Waals surface area contributed by atoms with Crippen molar-refractivity contribution in [2.75, 3.05) is 4.90 Å². The van der Waals surface area contributed by atoms with Crippen molar-refractivity contribution in [2.24, 2.45) is 0 Å². The molecule has 1 fully saturated rings. The fourth-order valence-electron chi connectivity index (χ4n) is 10.8. The van der Waals surface area contributed by atoms with E-state index in [4.69, 9.17) is 1.37 Å². The molecule has 61 heavy (non-hydrogen) atoms. The van der Waals surface area contributed by atoms with Crippen molar-refractivity contribution < 1.29 is 6.85 Å². The summed E-state index contributed by atoms with van der Waals surface area (Å²) in [6.07, 6.45) is -5.77. The molecule has 298 valence electrons. The van der Waals surface area contributed by atoms with Gasteiger partial charge in [0.25, 0.3) is 0 Å². The highest BCUT2D eigenvalue weighted by Crippen LogP contribution is 2.59. The molecule has 3 aliphatic carbocycles. The van der Waals surface area contributed by atoms with E-state index in [0.29, 0.717) is 0 Å². The molecule has 0 N–H and O–H groups in total. The van der Waals surface area contributed by atoms with E-state index in [1.54, 1.807) is 0 Å². The van der Waals surface area contributed by atoms with Gasteiger partial charge in [0.15, 0.2) is 0 Å². The molecule has 8 aromatic carbocycles. The highest BCUT2D eigenvalue weighted by molar-refractivity contribution is 5.90. The third kappa shape index (κ3) is 5.74. The van der Waals surface area contributed by atoms with Crippen LogP contribution in [-0.2, 0) is 10.8 Å². The number of rotatable bonds is 7. The van der Waals surface area contributed by atoms with Crippen LogP contribution in [0.4, 0.5) is 11.4 Å². The standard InChI is InChI=1S/C60H53N/c1-40-18-26-44(27-19-40)59(45-28-20-41(2)21-29-45)55-16-10-8-14-51(55)53-36-34-49(38-57(53)59)61(48-12-6-5-7-13-48)50-35-37-54-52-15-9-11-17-56(52)60(58(54)39-50,46-30-22-42(3)23-31-46)47-32-24-43(4)25-33-47/h8-11,14-39,48H,5-7,12-13H2,1-4H3/i5D,6D,7D,12D,13D. The number of hydrogen-bond acceptors (Lipinski definition) is 1. The first-order valence-electron chi connectivity index (χ1n) is 24.5. The van der Waals surface area contributed by atoms with Gasteiger partial charge in [-0.3, -0.25) is 0 Å². The largest absolute Gasteiger partial charge is 0.338 e. The topological polar surface area (TPSA) is 3.24 Å². The van der Waals surface area contributed by atoms with Gasteiger partial charge in [-0.1, -0.05) is 199 Å². The van der Waals surface area contributed by atoms with E-state index in [0.717, 1.165) is 67.0 Å². The molecular formula is C60H53N. The second kappa shape index (κ2) is 14.6. The Kier molecular flexibility index (Phi) is 7.76. The van der Waals surface area contributed by atoms with E-state index >= 15 is 0 Å². The van der Waals surface area contributed by atoms with Crippen LogP contribution < -0.4 is 4.90 Å². The summed E-state index contributed by atoms with van der Waals surface area (Å²) >= 11 is 0. The highest BCUT2D eigenvalue weighted by Gasteiger charge is 2.48. The van der Waals surface area contributed by atoms with Gasteiger partial charge in [-0.15, -0.1) is 0 Å². The lowest BCUT2D eigenvalue weighted by molar-refractivity contribution is 0.436. The van der Waals surface area contributed by atoms with Gasteiger partial charge in [0, 0.05) is 24.3 Å². The van der Waals surface area contributed by atoms with Gasteiger partial charge in [-0.25, -0.2) is 0 Å². The van der Waals surface area contributed by atoms with E-state index < -0.39 is 48.9 Å². The summed E-state index contributed by atoms with van der Waals surface area (Å²) < 4.78 is 46.8. The zero-order valence-corrected chi connectivity index (χ0v) is 35.2. The van der Waals surface area contributed by atoms with Crippen LogP contribution in [-0.4, -0.2) is 6.04 Å². The lowest BCUT2D eigenvalue weighted by Crippen LogP contribution is -2.34. The SMILES string of the molecule is [2H]C1C([2H])C([2H])C(N(c2ccc3c(c2)C(c2ccc(C)cc2)(c2ccc(C)cc2)c2ccccc2-3)c2ccc3c(c2)C(c2ccc(C)cc2)(c2ccc(C)cc2)c2ccccc2-3)C([2H])C1[2H]. The molecule has 0 radical (unpaired) electrons. The molecule has 1 saturated carbocycles. The highest BCUT2D eigenvalue weighted by atomic mass is 15.2. The summed E-state index contributed by atoms with van der Waals surface area (Å²) in [5.41, 5.74) is 18.6. The second-order valence-corrected chi connectivity index (χ2v) is 17.3. The van der Waals surface area contributed by atoms with Crippen LogP contribution in [0.15, 0.2) is 182 Å². The van der Waals surface area contributed by atoms with Crippen LogP contribution in [0.3, 0.4) is 0 Å². The summed E-state index contributed by atoms with van der Waals surface area (Å²) in [6, 6.07) is 65.3. The second-order valence-electron chi connectivity index (χ2n) is 17.3. The predicted octanol–water partition coefficient (Wildman–Crippen LogP) is 15.1. The number of fused-ring (bicyclic) bond motifs is 6. The van der Waals surface area contributed by atoms with Gasteiger partial charge < -0.3 is 4.90 Å². The van der Waals surface area contributed by atoms with Gasteiger partial charge in [0.05, 0.1) is 10.8 Å². The molecule has 0 aromatic heterocycles. The average molecular weight is 793 g/mol. The van der Waals surface area contributed by atoms with Gasteiger partial charge in [-0.2, -0.15) is 0 Å². The first kappa shape index (κ1) is 32.3. The Balaban J connectivity index is 1.21. The Morgan fingerprint density at radius 2 is 0.705 bits per heavy atom. The Morgan fingerprint density at radius 1 is 0.377 bits per heavy atom. The molecule has 0 heterocycles. The lowest BCUT2D eigenvalue weighted by Gasteiger charge is -2.39. The third-order valence-corrected chi connectivity index (χ3v) is 13.7. The fourth-order valence-corrected chi connectivity index (χ4v) is 10.8. The van der Waals surface area contributed by atoms with Gasteiger partial charge >= 0.3 is 0 Å². The van der Waals surface area contributed by atoms with Gasteiger partial charge in [0.1, 0.15) is 0 Å². The maximum atomic E-state index is 9.75. The zero-order valence-electron chi connectivity index (χ0n) is 40.2. The molecule has 8 aromatic rings. The van der Waals surface area contributed by atoms with Crippen molar-refractivity contribution in [3.63, 3.8) is 0 Å². The van der Waals surface area contributed by atoms with Crippen LogP contribution in [0.25, 0.3) is 22.3 Å². The smallest absolute Gasteiger partial charge is 0.0714 e. The molecule has 0 bridgehead atoms. The fraction of sp³-hybridized carbons (Fsp3) is 0.200. The van der Waals surface area contributed by atoms with E-state index in [-0.39, 0.29) is 0 Å². The Bertz CT molecular complexity index is 2820. The summed E-state index contributed by atoms with van der Waals surface area (Å²) in [6.45, 7) is 8.48. The average Bonchev–Trinajstić information content (AvgIpc) is 3.80. The molecule has 11 rings (SSSR count). The summed E-state index contributed by atoms with van der Waals surface area (Å²) in [7, 11) is 0. The Hall–Kier alpha value is -6.44. The van der Waals surface area contributed by atoms with Crippen molar-refractivity contribution in [1.82, 2.24) is 0 Å². The van der Waals surface area contributed by atoms with Crippen molar-refractivity contribution in [3.8, 4) is 22.3 Å². The van der Waals surface area contributed by atoms with Crippen molar-refractivity contribution in [1.29, 1.82) is 0 Å². The number of benzene rings is 8. The minimum atomic E-state index is -1.17. The third-order valence-electron chi connectivity index (χ3n) is 13.7. The van der Waals surface area contributed by atoms with Crippen LogP contribution in [0.1, 0.15) is 106 Å². The minimum absolute atomic E-state index is 0.698. The molecule has 0 spiro atoms. The number of nitrogens with zero attached hydrogens (tertiary/aromatic N) is 1. The molecular weight excluding hydrogens is 735 g/mol. The molecule has 4 atom stereocenters. The molecule has 3 aliphatic rings. The summed E-state index contributed by atoms with van der Waals surface area (Å²) in [5, 5.41) is 0. The lowest BCUT2D eigenvalue weighted by atomic mass is 9.67. The molecule has 0 amide bonds. The van der Waals surface area contributed by atoms with E-state index in [1.807, 2.05) is 0 Å². The number of aryl methyl sites for hydroxylation is 4.